The van der Waals surface area contributed by atoms with E-state index in [0.29, 0.717) is 19.3 Å². The van der Waals surface area contributed by atoms with Crippen molar-refractivity contribution in [2.24, 2.45) is 0 Å². The first-order chi connectivity index (χ1) is 30.5. The van der Waals surface area contributed by atoms with E-state index >= 15 is 0 Å². The third kappa shape index (κ3) is 47.6. The van der Waals surface area contributed by atoms with Gasteiger partial charge in [-0.05, 0) is 109 Å². The highest BCUT2D eigenvalue weighted by atomic mass is 16.6. The van der Waals surface area contributed by atoms with Crippen molar-refractivity contribution < 1.29 is 28.6 Å². The van der Waals surface area contributed by atoms with Crippen LogP contribution in [0.3, 0.4) is 0 Å². The number of ether oxygens (including phenoxy) is 3. The van der Waals surface area contributed by atoms with Gasteiger partial charge in [-0.1, -0.05) is 189 Å². The van der Waals surface area contributed by atoms with Gasteiger partial charge in [-0.3, -0.25) is 14.4 Å². The van der Waals surface area contributed by atoms with Crippen LogP contribution in [0.15, 0.2) is 85.1 Å². The largest absolute Gasteiger partial charge is 0.462 e. The maximum atomic E-state index is 12.8. The number of rotatable bonds is 45. The van der Waals surface area contributed by atoms with Gasteiger partial charge < -0.3 is 14.2 Å². The Morgan fingerprint density at radius 1 is 0.355 bits per heavy atom. The Labute approximate surface area is 382 Å². The van der Waals surface area contributed by atoms with E-state index in [1.54, 1.807) is 0 Å². The predicted molar refractivity (Wildman–Crippen MR) is 265 cm³/mol. The van der Waals surface area contributed by atoms with Gasteiger partial charge in [0.1, 0.15) is 13.2 Å². The molecule has 0 amide bonds. The maximum absolute atomic E-state index is 12.8. The van der Waals surface area contributed by atoms with Gasteiger partial charge in [0.2, 0.25) is 0 Å². The summed E-state index contributed by atoms with van der Waals surface area (Å²) in [6, 6.07) is 0. The molecular formula is C56H94O6. The van der Waals surface area contributed by atoms with E-state index in [1.807, 2.05) is 0 Å². The molecule has 0 aliphatic carbocycles. The second kappa shape index (κ2) is 50.2. The normalized spacial score (nSPS) is 12.8. The molecule has 1 unspecified atom stereocenters. The zero-order valence-electron chi connectivity index (χ0n) is 40.4. The van der Waals surface area contributed by atoms with Crippen LogP contribution in [0, 0.1) is 0 Å². The molecule has 6 nitrogen and oxygen atoms in total. The van der Waals surface area contributed by atoms with Crippen molar-refractivity contribution >= 4 is 17.9 Å². The van der Waals surface area contributed by atoms with E-state index < -0.39 is 6.10 Å². The third-order valence-electron chi connectivity index (χ3n) is 10.6. The van der Waals surface area contributed by atoms with Crippen molar-refractivity contribution in [3.05, 3.63) is 85.1 Å². The predicted octanol–water partition coefficient (Wildman–Crippen LogP) is 16.8. The summed E-state index contributed by atoms with van der Waals surface area (Å²) >= 11 is 0. The molecule has 6 heteroatoms. The van der Waals surface area contributed by atoms with Crippen molar-refractivity contribution in [2.75, 3.05) is 13.2 Å². The van der Waals surface area contributed by atoms with Gasteiger partial charge in [-0.25, -0.2) is 0 Å². The molecule has 0 spiro atoms. The molecule has 0 rings (SSSR count). The number of carbonyl (C=O) groups excluding carboxylic acids is 3. The summed E-state index contributed by atoms with van der Waals surface area (Å²) in [5, 5.41) is 0. The molecule has 62 heavy (non-hydrogen) atoms. The number of esters is 3. The fraction of sp³-hybridized carbons (Fsp3) is 0.696. The number of hydrogen-bond acceptors (Lipinski definition) is 6. The molecule has 0 fully saturated rings. The van der Waals surface area contributed by atoms with Crippen LogP contribution in [0.2, 0.25) is 0 Å². The smallest absolute Gasteiger partial charge is 0.306 e. The Morgan fingerprint density at radius 3 is 1.15 bits per heavy atom. The summed E-state index contributed by atoms with van der Waals surface area (Å²) in [6.07, 6.45) is 64.2. The molecule has 0 aromatic rings. The van der Waals surface area contributed by atoms with Crippen molar-refractivity contribution in [1.29, 1.82) is 0 Å². The van der Waals surface area contributed by atoms with E-state index in [4.69, 9.17) is 14.2 Å². The lowest BCUT2D eigenvalue weighted by Gasteiger charge is -2.18. The van der Waals surface area contributed by atoms with Gasteiger partial charge in [0.05, 0.1) is 0 Å². The van der Waals surface area contributed by atoms with Gasteiger partial charge in [-0.2, -0.15) is 0 Å². The van der Waals surface area contributed by atoms with Crippen LogP contribution in [-0.4, -0.2) is 37.2 Å². The van der Waals surface area contributed by atoms with Crippen LogP contribution in [0.5, 0.6) is 0 Å². The van der Waals surface area contributed by atoms with E-state index in [9.17, 15) is 14.4 Å². The summed E-state index contributed by atoms with van der Waals surface area (Å²) in [5.41, 5.74) is 0. The molecule has 0 aliphatic heterocycles. The number of hydrogen-bond donors (Lipinski definition) is 0. The van der Waals surface area contributed by atoms with Gasteiger partial charge in [-0.15, -0.1) is 0 Å². The second-order valence-corrected chi connectivity index (χ2v) is 16.7. The highest BCUT2D eigenvalue weighted by Crippen LogP contribution is 2.13. The summed E-state index contributed by atoms with van der Waals surface area (Å²) < 4.78 is 16.7. The molecule has 0 saturated heterocycles. The molecule has 0 saturated carbocycles. The van der Waals surface area contributed by atoms with Crippen molar-refractivity contribution in [3.8, 4) is 0 Å². The SMILES string of the molecule is CC/C=C\C/C=C\C/C=C\C/C=C\CCCCCC(=O)OCC(COC(=O)CCCCC/C=C\CCCCCCCC)OC(=O)CCCCCCCC/C=C\C=C/CCCCC. The summed E-state index contributed by atoms with van der Waals surface area (Å²) in [5.74, 6) is -0.960. The van der Waals surface area contributed by atoms with Crippen LogP contribution in [-0.2, 0) is 28.6 Å². The minimum absolute atomic E-state index is 0.100. The number of allylic oxidation sites excluding steroid dienone is 14. The zero-order chi connectivity index (χ0) is 45.1. The highest BCUT2D eigenvalue weighted by Gasteiger charge is 2.19. The summed E-state index contributed by atoms with van der Waals surface area (Å²) in [6.45, 7) is 6.43. The Hall–Kier alpha value is -3.41. The van der Waals surface area contributed by atoms with Crippen molar-refractivity contribution in [1.82, 2.24) is 0 Å². The van der Waals surface area contributed by atoms with E-state index in [1.165, 1.54) is 77.0 Å². The Kier molecular flexibility index (Phi) is 47.5. The zero-order valence-corrected chi connectivity index (χ0v) is 40.4. The standard InChI is InChI=1S/C56H94O6/c1-4-7-10-13-16-19-22-25-27-29-31-34-37-40-43-46-49-55(58)61-52-53(51-60-54(57)48-45-42-39-36-33-30-24-21-18-15-12-9-6-3)62-56(59)50-47-44-41-38-35-32-28-26-23-20-17-14-11-8-5-2/h7,10,16-17,19-20,23,25-27,30-31,33-34,53H,4-6,8-9,11-15,18,21-22,24,28-29,32,35-52H2,1-3H3/b10-7-,19-16-,20-17-,26-23-,27-25-,33-30-,34-31-. The molecule has 0 heterocycles. The van der Waals surface area contributed by atoms with Crippen LogP contribution in [0.4, 0.5) is 0 Å². The van der Waals surface area contributed by atoms with Gasteiger partial charge in [0, 0.05) is 19.3 Å². The van der Waals surface area contributed by atoms with E-state index in [0.717, 1.165) is 116 Å². The van der Waals surface area contributed by atoms with Crippen LogP contribution in [0.25, 0.3) is 0 Å². The highest BCUT2D eigenvalue weighted by molar-refractivity contribution is 5.71. The quantitative estimate of drug-likeness (QED) is 0.0199. The number of carbonyl (C=O) groups is 3. The van der Waals surface area contributed by atoms with Crippen molar-refractivity contribution in [3.63, 3.8) is 0 Å². The minimum Gasteiger partial charge on any atom is -0.462 e. The topological polar surface area (TPSA) is 78.9 Å². The fourth-order valence-corrected chi connectivity index (χ4v) is 6.77. The Balaban J connectivity index is 4.49. The minimum atomic E-state index is -0.801. The molecule has 0 radical (unpaired) electrons. The lowest BCUT2D eigenvalue weighted by atomic mass is 10.1. The molecule has 1 atom stereocenters. The fourth-order valence-electron chi connectivity index (χ4n) is 6.77. The average molecular weight is 863 g/mol. The molecule has 0 aromatic heterocycles. The molecule has 0 aliphatic rings. The molecule has 0 aromatic carbocycles. The number of unbranched alkanes of at least 4 members (excludes halogenated alkanes) is 21. The van der Waals surface area contributed by atoms with Gasteiger partial charge in [0.15, 0.2) is 6.10 Å². The van der Waals surface area contributed by atoms with Gasteiger partial charge >= 0.3 is 17.9 Å². The van der Waals surface area contributed by atoms with E-state index in [2.05, 4.69) is 106 Å². The first-order valence-corrected chi connectivity index (χ1v) is 25.6. The lowest BCUT2D eigenvalue weighted by Crippen LogP contribution is -2.30. The average Bonchev–Trinajstić information content (AvgIpc) is 3.27. The van der Waals surface area contributed by atoms with E-state index in [-0.39, 0.29) is 31.1 Å². The van der Waals surface area contributed by atoms with Gasteiger partial charge in [0.25, 0.3) is 0 Å². The van der Waals surface area contributed by atoms with Crippen LogP contribution >= 0.6 is 0 Å². The monoisotopic (exact) mass is 863 g/mol. The third-order valence-corrected chi connectivity index (χ3v) is 10.6. The molecule has 0 N–H and O–H groups in total. The van der Waals surface area contributed by atoms with Crippen LogP contribution in [0.1, 0.15) is 233 Å². The molecule has 354 valence electrons. The first-order valence-electron chi connectivity index (χ1n) is 25.6. The maximum Gasteiger partial charge on any atom is 0.306 e. The first kappa shape index (κ1) is 58.6. The summed E-state index contributed by atoms with van der Waals surface area (Å²) in [7, 11) is 0. The molecular weight excluding hydrogens is 769 g/mol. The molecule has 0 bridgehead atoms. The second-order valence-electron chi connectivity index (χ2n) is 16.7. The van der Waals surface area contributed by atoms with Crippen molar-refractivity contribution in [2.45, 2.75) is 239 Å². The Morgan fingerprint density at radius 2 is 0.677 bits per heavy atom. The summed E-state index contributed by atoms with van der Waals surface area (Å²) in [4.78, 5) is 37.9. The van der Waals surface area contributed by atoms with Crippen LogP contribution < -0.4 is 0 Å². The lowest BCUT2D eigenvalue weighted by molar-refractivity contribution is -0.167. The Bertz CT molecular complexity index is 1220.